The fourth-order valence-electron chi connectivity index (χ4n) is 3.66. The van der Waals surface area contributed by atoms with E-state index in [1.807, 2.05) is 32.9 Å². The van der Waals surface area contributed by atoms with Crippen LogP contribution in [-0.2, 0) is 10.0 Å². The van der Waals surface area contributed by atoms with Gasteiger partial charge in [-0.05, 0) is 38.5 Å². The third-order valence-corrected chi connectivity index (χ3v) is 7.90. The Kier molecular flexibility index (Phi) is 6.12. The van der Waals surface area contributed by atoms with E-state index in [-0.39, 0.29) is 15.4 Å². The van der Waals surface area contributed by atoms with Crippen LogP contribution in [0.5, 0.6) is 11.5 Å². The standard InChI is InChI=1S/C22H24N4O5S2/c1-13-7-5-6-8-15(13)19(27)23-20-24-25-21(32-20)33(28,29)26-17-12-22(2,3)31-18-11-14(30-4)9-10-16(17)18/h5-11,17,26H,12H2,1-4H3,(H,23,24,27)/t17-/m0/s1. The molecule has 0 unspecified atom stereocenters. The zero-order valence-electron chi connectivity index (χ0n) is 18.6. The highest BCUT2D eigenvalue weighted by Crippen LogP contribution is 2.42. The summed E-state index contributed by atoms with van der Waals surface area (Å²) in [5.41, 5.74) is 1.38. The molecule has 0 spiro atoms. The van der Waals surface area contributed by atoms with Gasteiger partial charge in [-0.15, -0.1) is 10.2 Å². The number of ether oxygens (including phenoxy) is 2. The molecule has 0 fully saturated rings. The zero-order valence-corrected chi connectivity index (χ0v) is 20.2. The summed E-state index contributed by atoms with van der Waals surface area (Å²) in [6.45, 7) is 5.60. The average molecular weight is 489 g/mol. The van der Waals surface area contributed by atoms with Crippen molar-refractivity contribution in [3.05, 3.63) is 59.2 Å². The fourth-order valence-corrected chi connectivity index (χ4v) is 5.79. The largest absolute Gasteiger partial charge is 0.497 e. The molecule has 0 saturated carbocycles. The number of sulfonamides is 1. The van der Waals surface area contributed by atoms with Gasteiger partial charge in [0.25, 0.3) is 15.9 Å². The van der Waals surface area contributed by atoms with Crippen LogP contribution >= 0.6 is 11.3 Å². The lowest BCUT2D eigenvalue weighted by molar-refractivity contribution is 0.0698. The SMILES string of the molecule is COc1ccc2c(c1)OC(C)(C)C[C@@H]2NS(=O)(=O)c1nnc(NC(=O)c2ccccc2C)s1. The molecule has 1 atom stereocenters. The van der Waals surface area contributed by atoms with Gasteiger partial charge >= 0.3 is 0 Å². The van der Waals surface area contributed by atoms with E-state index in [1.165, 1.54) is 0 Å². The lowest BCUT2D eigenvalue weighted by Crippen LogP contribution is -2.41. The number of hydrogen-bond acceptors (Lipinski definition) is 8. The van der Waals surface area contributed by atoms with Crippen LogP contribution in [0.15, 0.2) is 46.8 Å². The number of hydrogen-bond donors (Lipinski definition) is 2. The molecule has 11 heteroatoms. The summed E-state index contributed by atoms with van der Waals surface area (Å²) < 4.78 is 39.9. The predicted molar refractivity (Wildman–Crippen MR) is 124 cm³/mol. The van der Waals surface area contributed by atoms with Gasteiger partial charge in [0.1, 0.15) is 17.1 Å². The molecule has 1 amide bonds. The Bertz CT molecular complexity index is 1300. The summed E-state index contributed by atoms with van der Waals surface area (Å²) in [6, 6.07) is 11.8. The Morgan fingerprint density at radius 1 is 1.21 bits per heavy atom. The fraction of sp³-hybridized carbons (Fsp3) is 0.318. The highest BCUT2D eigenvalue weighted by Gasteiger charge is 2.37. The number of fused-ring (bicyclic) bond motifs is 1. The van der Waals surface area contributed by atoms with E-state index < -0.39 is 21.7 Å². The van der Waals surface area contributed by atoms with Crippen LogP contribution in [-0.4, -0.2) is 37.2 Å². The van der Waals surface area contributed by atoms with Crippen LogP contribution in [0.25, 0.3) is 0 Å². The maximum Gasteiger partial charge on any atom is 0.270 e. The summed E-state index contributed by atoms with van der Waals surface area (Å²) in [5.74, 6) is 0.795. The van der Waals surface area contributed by atoms with Crippen molar-refractivity contribution in [1.29, 1.82) is 0 Å². The lowest BCUT2D eigenvalue weighted by Gasteiger charge is -2.37. The van der Waals surface area contributed by atoms with Crippen molar-refractivity contribution in [2.45, 2.75) is 43.2 Å². The number of nitrogens with one attached hydrogen (secondary N) is 2. The second-order valence-electron chi connectivity index (χ2n) is 8.29. The topological polar surface area (TPSA) is 120 Å². The minimum absolute atomic E-state index is 0.0982. The highest BCUT2D eigenvalue weighted by molar-refractivity contribution is 7.91. The maximum absolute atomic E-state index is 13.1. The molecule has 1 aliphatic heterocycles. The number of anilines is 1. The third kappa shape index (κ3) is 5.00. The van der Waals surface area contributed by atoms with Crippen molar-refractivity contribution in [1.82, 2.24) is 14.9 Å². The normalized spacial score (nSPS) is 17.0. The molecule has 9 nitrogen and oxygen atoms in total. The molecule has 3 aromatic rings. The number of methoxy groups -OCH3 is 1. The molecule has 0 aliphatic carbocycles. The van der Waals surface area contributed by atoms with Crippen LogP contribution in [0.3, 0.4) is 0 Å². The van der Waals surface area contributed by atoms with Crippen LogP contribution in [0, 0.1) is 6.92 Å². The van der Waals surface area contributed by atoms with Crippen molar-refractivity contribution >= 4 is 32.4 Å². The molecule has 1 aliphatic rings. The summed E-state index contributed by atoms with van der Waals surface area (Å²) in [7, 11) is -2.44. The van der Waals surface area contributed by atoms with Crippen molar-refractivity contribution in [2.75, 3.05) is 12.4 Å². The highest BCUT2D eigenvalue weighted by atomic mass is 32.2. The van der Waals surface area contributed by atoms with Crippen molar-refractivity contribution in [3.63, 3.8) is 0 Å². The molecule has 2 heterocycles. The van der Waals surface area contributed by atoms with Crippen LogP contribution in [0.2, 0.25) is 0 Å². The van der Waals surface area contributed by atoms with Gasteiger partial charge < -0.3 is 9.47 Å². The molecule has 4 rings (SSSR count). The molecular weight excluding hydrogens is 464 g/mol. The molecule has 33 heavy (non-hydrogen) atoms. The average Bonchev–Trinajstić information content (AvgIpc) is 3.22. The first kappa shape index (κ1) is 23.1. The number of aromatic nitrogens is 2. The Morgan fingerprint density at radius 2 is 1.97 bits per heavy atom. The Hall–Kier alpha value is -3.02. The number of benzene rings is 2. The van der Waals surface area contributed by atoms with Gasteiger partial charge in [-0.2, -0.15) is 0 Å². The molecule has 1 aromatic heterocycles. The summed E-state index contributed by atoms with van der Waals surface area (Å²) in [4.78, 5) is 12.5. The molecule has 174 valence electrons. The number of aryl methyl sites for hydroxylation is 1. The van der Waals surface area contributed by atoms with E-state index in [1.54, 1.807) is 37.4 Å². The first-order valence-electron chi connectivity index (χ1n) is 10.2. The van der Waals surface area contributed by atoms with E-state index >= 15 is 0 Å². The number of carbonyl (C=O) groups is 1. The lowest BCUT2D eigenvalue weighted by atomic mass is 9.90. The monoisotopic (exact) mass is 488 g/mol. The first-order valence-corrected chi connectivity index (χ1v) is 12.5. The van der Waals surface area contributed by atoms with Crippen LogP contribution in [0.4, 0.5) is 5.13 Å². The zero-order chi connectivity index (χ0) is 23.8. The summed E-state index contributed by atoms with van der Waals surface area (Å²) in [5, 5.41) is 10.4. The van der Waals surface area contributed by atoms with Gasteiger partial charge in [0, 0.05) is 23.6 Å². The predicted octanol–water partition coefficient (Wildman–Crippen LogP) is 3.69. The van der Waals surface area contributed by atoms with E-state index in [0.29, 0.717) is 29.0 Å². The van der Waals surface area contributed by atoms with Crippen molar-refractivity contribution in [3.8, 4) is 11.5 Å². The maximum atomic E-state index is 13.1. The first-order chi connectivity index (χ1) is 15.6. The van der Waals surface area contributed by atoms with Gasteiger partial charge in [0.05, 0.1) is 13.2 Å². The smallest absolute Gasteiger partial charge is 0.270 e. The number of carbonyl (C=O) groups excluding carboxylic acids is 1. The van der Waals surface area contributed by atoms with Crippen LogP contribution in [0.1, 0.15) is 47.8 Å². The molecule has 0 saturated heterocycles. The van der Waals surface area contributed by atoms with Gasteiger partial charge in [-0.1, -0.05) is 35.6 Å². The van der Waals surface area contributed by atoms with E-state index in [9.17, 15) is 13.2 Å². The van der Waals surface area contributed by atoms with Gasteiger partial charge in [0.15, 0.2) is 0 Å². The van der Waals surface area contributed by atoms with Gasteiger partial charge in [-0.25, -0.2) is 13.1 Å². The Balaban J connectivity index is 1.55. The second-order valence-corrected chi connectivity index (χ2v) is 11.2. The van der Waals surface area contributed by atoms with E-state index in [2.05, 4.69) is 20.2 Å². The second kappa shape index (κ2) is 8.73. The number of rotatable bonds is 6. The van der Waals surface area contributed by atoms with Crippen molar-refractivity contribution < 1.29 is 22.7 Å². The summed E-state index contributed by atoms with van der Waals surface area (Å²) >= 11 is 0.789. The van der Waals surface area contributed by atoms with Crippen molar-refractivity contribution in [2.24, 2.45) is 0 Å². The molecule has 2 aromatic carbocycles. The van der Waals surface area contributed by atoms with E-state index in [4.69, 9.17) is 9.47 Å². The number of nitrogens with zero attached hydrogens (tertiary/aromatic N) is 2. The molecule has 2 N–H and O–H groups in total. The van der Waals surface area contributed by atoms with Gasteiger partial charge in [0.2, 0.25) is 9.47 Å². The van der Waals surface area contributed by atoms with E-state index in [0.717, 1.165) is 16.9 Å². The Morgan fingerprint density at radius 3 is 2.70 bits per heavy atom. The molecular formula is C22H24N4O5S2. The van der Waals surface area contributed by atoms with Crippen LogP contribution < -0.4 is 19.5 Å². The minimum Gasteiger partial charge on any atom is -0.497 e. The van der Waals surface area contributed by atoms with Gasteiger partial charge in [-0.3, -0.25) is 10.1 Å². The number of amides is 1. The minimum atomic E-state index is -4.00. The molecule has 0 bridgehead atoms. The summed E-state index contributed by atoms with van der Waals surface area (Å²) in [6.07, 6.45) is 0.418. The molecule has 0 radical (unpaired) electrons. The Labute approximate surface area is 196 Å². The quantitative estimate of drug-likeness (QED) is 0.508. The third-order valence-electron chi connectivity index (χ3n) is 5.22.